The van der Waals surface area contributed by atoms with Crippen molar-refractivity contribution in [1.82, 2.24) is 10.2 Å². The fourth-order valence-corrected chi connectivity index (χ4v) is 3.83. The Kier molecular flexibility index (Phi) is 5.51. The number of amides is 3. The van der Waals surface area contributed by atoms with Gasteiger partial charge in [0.1, 0.15) is 6.04 Å². The minimum Gasteiger partial charge on any atom is -0.326 e. The summed E-state index contributed by atoms with van der Waals surface area (Å²) in [4.78, 5) is 27.1. The number of rotatable bonds is 6. The highest BCUT2D eigenvalue weighted by atomic mass is 16.2. The largest absolute Gasteiger partial charge is 0.329 e. The normalized spacial score (nSPS) is 27.4. The molecule has 130 valence electrons. The zero-order valence-corrected chi connectivity index (χ0v) is 14.5. The van der Waals surface area contributed by atoms with Gasteiger partial charge in [-0.3, -0.25) is 4.79 Å². The first-order valence-electron chi connectivity index (χ1n) is 9.16. The Morgan fingerprint density at radius 2 is 1.88 bits per heavy atom. The van der Waals surface area contributed by atoms with Crippen molar-refractivity contribution in [3.8, 4) is 0 Å². The van der Waals surface area contributed by atoms with Gasteiger partial charge >= 0.3 is 6.03 Å². The van der Waals surface area contributed by atoms with Gasteiger partial charge in [0.2, 0.25) is 0 Å². The lowest BCUT2D eigenvalue weighted by Crippen LogP contribution is -3.14. The number of urea groups is 1. The van der Waals surface area contributed by atoms with Crippen LogP contribution in [0.2, 0.25) is 0 Å². The summed E-state index contributed by atoms with van der Waals surface area (Å²) in [7, 11) is 0. The number of benzene rings is 1. The molecule has 0 saturated carbocycles. The van der Waals surface area contributed by atoms with Crippen LogP contribution < -0.4 is 10.2 Å². The predicted octanol–water partition coefficient (Wildman–Crippen LogP) is 1.20. The summed E-state index contributed by atoms with van der Waals surface area (Å²) < 4.78 is 0. The number of nitrogens with one attached hydrogen (secondary N) is 2. The molecule has 2 N–H and O–H groups in total. The molecule has 0 bridgehead atoms. The molecule has 0 spiro atoms. The monoisotopic (exact) mass is 330 g/mol. The highest BCUT2D eigenvalue weighted by molar-refractivity contribution is 6.03. The summed E-state index contributed by atoms with van der Waals surface area (Å²) in [5.41, 5.74) is 1.41. The molecular formula is C19H28N3O2+. The van der Waals surface area contributed by atoms with E-state index in [-0.39, 0.29) is 18.0 Å². The fourth-order valence-electron chi connectivity index (χ4n) is 3.83. The van der Waals surface area contributed by atoms with Crippen molar-refractivity contribution in [2.45, 2.75) is 45.1 Å². The van der Waals surface area contributed by atoms with Gasteiger partial charge < -0.3 is 10.2 Å². The van der Waals surface area contributed by atoms with Gasteiger partial charge in [-0.2, -0.15) is 0 Å². The van der Waals surface area contributed by atoms with Crippen LogP contribution in [0.4, 0.5) is 4.79 Å². The van der Waals surface area contributed by atoms with E-state index in [1.165, 1.54) is 15.4 Å². The van der Waals surface area contributed by atoms with Crippen LogP contribution in [0.1, 0.15) is 38.2 Å². The van der Waals surface area contributed by atoms with Crippen LogP contribution in [0.25, 0.3) is 0 Å². The van der Waals surface area contributed by atoms with Crippen LogP contribution in [-0.2, 0) is 11.2 Å². The number of quaternary nitrogens is 1. The van der Waals surface area contributed by atoms with Gasteiger partial charge in [-0.05, 0) is 37.2 Å². The highest BCUT2D eigenvalue weighted by Gasteiger charge is 2.39. The number of hydrogen-bond donors (Lipinski definition) is 2. The van der Waals surface area contributed by atoms with Crippen LogP contribution >= 0.6 is 0 Å². The lowest BCUT2D eigenvalue weighted by molar-refractivity contribution is -0.913. The van der Waals surface area contributed by atoms with Crippen molar-refractivity contribution in [2.75, 3.05) is 19.8 Å². The van der Waals surface area contributed by atoms with E-state index in [2.05, 4.69) is 35.6 Å². The van der Waals surface area contributed by atoms with E-state index in [0.29, 0.717) is 12.6 Å². The van der Waals surface area contributed by atoms with Gasteiger partial charge in [-0.1, -0.05) is 43.7 Å². The first-order valence-corrected chi connectivity index (χ1v) is 9.16. The number of nitrogens with zero attached hydrogens (tertiary/aromatic N) is 1. The van der Waals surface area contributed by atoms with E-state index in [1.807, 2.05) is 6.92 Å². The quantitative estimate of drug-likeness (QED) is 0.770. The van der Waals surface area contributed by atoms with E-state index < -0.39 is 0 Å². The van der Waals surface area contributed by atoms with Gasteiger partial charge in [0.05, 0.1) is 13.1 Å². The van der Waals surface area contributed by atoms with Gasteiger partial charge in [-0.15, -0.1) is 0 Å². The summed E-state index contributed by atoms with van der Waals surface area (Å²) in [5, 5.41) is 2.81. The number of likely N-dealkylation sites (tertiary alicyclic amines) is 1. The van der Waals surface area contributed by atoms with E-state index >= 15 is 0 Å². The summed E-state index contributed by atoms with van der Waals surface area (Å²) in [6.07, 6.45) is 5.09. The van der Waals surface area contributed by atoms with Crippen molar-refractivity contribution in [1.29, 1.82) is 0 Å². The first kappa shape index (κ1) is 17.0. The molecule has 3 amide bonds. The second-order valence-electron chi connectivity index (χ2n) is 7.10. The molecule has 2 aliphatic rings. The lowest BCUT2D eigenvalue weighted by Gasteiger charge is -2.31. The molecule has 2 saturated heterocycles. The zero-order chi connectivity index (χ0) is 16.9. The minimum atomic E-state index is -0.308. The number of piperidine rings is 1. The first-order chi connectivity index (χ1) is 11.7. The van der Waals surface area contributed by atoms with Crippen LogP contribution in [0.5, 0.6) is 0 Å². The van der Waals surface area contributed by atoms with Crippen molar-refractivity contribution in [2.24, 2.45) is 5.92 Å². The van der Waals surface area contributed by atoms with E-state index in [9.17, 15) is 9.59 Å². The van der Waals surface area contributed by atoms with Crippen LogP contribution in [0.15, 0.2) is 30.3 Å². The molecule has 5 heteroatoms. The maximum atomic E-state index is 12.3. The third-order valence-electron chi connectivity index (χ3n) is 5.25. The van der Waals surface area contributed by atoms with Gasteiger partial charge in [0.15, 0.2) is 6.67 Å². The van der Waals surface area contributed by atoms with E-state index in [1.54, 1.807) is 0 Å². The third kappa shape index (κ3) is 3.96. The van der Waals surface area contributed by atoms with Gasteiger partial charge in [-0.25, -0.2) is 9.69 Å². The predicted molar refractivity (Wildman–Crippen MR) is 92.5 cm³/mol. The number of carbonyl (C=O) groups is 2. The van der Waals surface area contributed by atoms with Crippen molar-refractivity contribution in [3.05, 3.63) is 35.9 Å². The zero-order valence-electron chi connectivity index (χ0n) is 14.5. The molecule has 1 aromatic carbocycles. The Morgan fingerprint density at radius 1 is 1.17 bits per heavy atom. The van der Waals surface area contributed by atoms with Crippen molar-refractivity contribution >= 4 is 11.9 Å². The maximum Gasteiger partial charge on any atom is 0.329 e. The Balaban J connectivity index is 1.47. The van der Waals surface area contributed by atoms with Crippen molar-refractivity contribution < 1.29 is 14.5 Å². The Hall–Kier alpha value is -1.88. The molecule has 2 fully saturated rings. The summed E-state index contributed by atoms with van der Waals surface area (Å²) in [5.74, 6) is 0.674. The van der Waals surface area contributed by atoms with E-state index in [4.69, 9.17) is 0 Å². The molecule has 24 heavy (non-hydrogen) atoms. The molecule has 1 aromatic rings. The smallest absolute Gasteiger partial charge is 0.326 e. The van der Waals surface area contributed by atoms with Crippen LogP contribution in [0, 0.1) is 5.92 Å². The van der Waals surface area contributed by atoms with Gasteiger partial charge in [0, 0.05) is 0 Å². The summed E-state index contributed by atoms with van der Waals surface area (Å²) >= 11 is 0. The van der Waals surface area contributed by atoms with Crippen molar-refractivity contribution in [3.63, 3.8) is 0 Å². The van der Waals surface area contributed by atoms with Gasteiger partial charge in [0.25, 0.3) is 5.91 Å². The maximum absolute atomic E-state index is 12.3. The number of carbonyl (C=O) groups excluding carboxylic acids is 2. The second-order valence-corrected chi connectivity index (χ2v) is 7.10. The average molecular weight is 330 g/mol. The van der Waals surface area contributed by atoms with Crippen LogP contribution in [-0.4, -0.2) is 42.6 Å². The standard InChI is InChI=1S/C19H27N3O2/c1-2-6-17-18(23)22(19(24)20-17)14-21-11-9-16(10-12-21)13-15-7-4-3-5-8-15/h3-5,7-8,16-17H,2,6,9-14H2,1H3,(H,20,24)/p+1/t17-/m0/s1. The topological polar surface area (TPSA) is 53.9 Å². The number of hydrogen-bond acceptors (Lipinski definition) is 2. The highest BCUT2D eigenvalue weighted by Crippen LogP contribution is 2.17. The Morgan fingerprint density at radius 3 is 2.54 bits per heavy atom. The molecule has 0 aliphatic carbocycles. The molecule has 0 radical (unpaired) electrons. The van der Waals surface area contributed by atoms with E-state index in [0.717, 1.165) is 45.2 Å². The summed E-state index contributed by atoms with van der Waals surface area (Å²) in [6.45, 7) is 4.62. The Bertz CT molecular complexity index is 567. The second kappa shape index (κ2) is 7.79. The fraction of sp³-hybridized carbons (Fsp3) is 0.579. The molecule has 0 aromatic heterocycles. The third-order valence-corrected chi connectivity index (χ3v) is 5.25. The lowest BCUT2D eigenvalue weighted by atomic mass is 9.90. The molecule has 2 heterocycles. The molecule has 1 atom stereocenters. The van der Waals surface area contributed by atoms with Crippen LogP contribution in [0.3, 0.4) is 0 Å². The molecule has 5 nitrogen and oxygen atoms in total. The number of imide groups is 1. The molecule has 0 unspecified atom stereocenters. The molecule has 3 rings (SSSR count). The minimum absolute atomic E-state index is 0.0410. The average Bonchev–Trinajstić information content (AvgIpc) is 2.85. The SMILES string of the molecule is CCC[C@@H]1NC(=O)N(C[NH+]2CCC(Cc3ccccc3)CC2)C1=O. The Labute approximate surface area is 144 Å². The summed E-state index contributed by atoms with van der Waals surface area (Å²) in [6, 6.07) is 10.1. The molecular weight excluding hydrogens is 302 g/mol. The molecule has 2 aliphatic heterocycles.